The highest BCUT2D eigenvalue weighted by atomic mass is 15.1. The first-order valence-electron chi connectivity index (χ1n) is 5.24. The Morgan fingerprint density at radius 3 is 2.33 bits per heavy atom. The molecule has 0 fully saturated rings. The van der Waals surface area contributed by atoms with Crippen molar-refractivity contribution < 1.29 is 0 Å². The molecule has 0 N–H and O–H groups in total. The van der Waals surface area contributed by atoms with E-state index in [-0.39, 0.29) is 0 Å². The molecule has 0 saturated carbocycles. The van der Waals surface area contributed by atoms with Gasteiger partial charge in [-0.25, -0.2) is 0 Å². The highest BCUT2D eigenvalue weighted by molar-refractivity contribution is 5.74. The molecule has 0 atom stereocenters. The zero-order chi connectivity index (χ0) is 11.4. The zero-order valence-electron chi connectivity index (χ0n) is 10.1. The van der Waals surface area contributed by atoms with Crippen molar-refractivity contribution in [3.8, 4) is 0 Å². The molecule has 82 valence electrons. The van der Waals surface area contributed by atoms with E-state index < -0.39 is 0 Å². The van der Waals surface area contributed by atoms with Gasteiger partial charge in [0.15, 0.2) is 0 Å². The molecular formula is C13H20N2. The van der Waals surface area contributed by atoms with Crippen LogP contribution in [0.5, 0.6) is 0 Å². The highest BCUT2D eigenvalue weighted by Crippen LogP contribution is 2.26. The summed E-state index contributed by atoms with van der Waals surface area (Å²) in [6.45, 7) is 7.25. The maximum Gasteiger partial charge on any atom is 0.0457 e. The minimum absolute atomic E-state index is 0.998. The molecule has 0 aliphatic carbocycles. The first-order valence-corrected chi connectivity index (χ1v) is 5.24. The summed E-state index contributed by atoms with van der Waals surface area (Å²) in [6.07, 6.45) is 0. The Morgan fingerprint density at radius 2 is 1.80 bits per heavy atom. The van der Waals surface area contributed by atoms with Crippen LogP contribution < -0.4 is 4.90 Å². The lowest BCUT2D eigenvalue weighted by atomic mass is 10.1. The summed E-state index contributed by atoms with van der Waals surface area (Å²) < 4.78 is 0. The topological polar surface area (TPSA) is 6.48 Å². The number of hydrogen-bond acceptors (Lipinski definition) is 2. The van der Waals surface area contributed by atoms with Gasteiger partial charge in [0.1, 0.15) is 0 Å². The van der Waals surface area contributed by atoms with E-state index in [1.807, 2.05) is 19.0 Å². The van der Waals surface area contributed by atoms with Crippen molar-refractivity contribution >= 4 is 11.4 Å². The Morgan fingerprint density at radius 1 is 1.20 bits per heavy atom. The fourth-order valence-corrected chi connectivity index (χ4v) is 1.46. The van der Waals surface area contributed by atoms with Crippen molar-refractivity contribution in [2.45, 2.75) is 6.92 Å². The number of hydrogen-bond donors (Lipinski definition) is 0. The molecule has 0 radical (unpaired) electrons. The molecule has 1 aromatic carbocycles. The lowest BCUT2D eigenvalue weighted by molar-refractivity contribution is 0.593. The van der Waals surface area contributed by atoms with Crippen LogP contribution in [-0.4, -0.2) is 32.6 Å². The second kappa shape index (κ2) is 4.87. The lowest BCUT2D eigenvalue weighted by Crippen LogP contribution is -2.19. The van der Waals surface area contributed by atoms with E-state index in [0.29, 0.717) is 0 Å². The zero-order valence-corrected chi connectivity index (χ0v) is 10.1. The molecule has 0 unspecified atom stereocenters. The summed E-state index contributed by atoms with van der Waals surface area (Å²) in [5.74, 6) is 0. The summed E-state index contributed by atoms with van der Waals surface area (Å²) in [5.41, 5.74) is 3.48. The maximum absolute atomic E-state index is 4.10. The van der Waals surface area contributed by atoms with Crippen LogP contribution in [0.2, 0.25) is 0 Å². The van der Waals surface area contributed by atoms with Gasteiger partial charge in [0, 0.05) is 44.6 Å². The lowest BCUT2D eigenvalue weighted by Gasteiger charge is -2.24. The van der Waals surface area contributed by atoms with E-state index in [0.717, 1.165) is 12.2 Å². The summed E-state index contributed by atoms with van der Waals surface area (Å²) >= 11 is 0. The van der Waals surface area contributed by atoms with Crippen LogP contribution in [0.25, 0.3) is 5.70 Å². The molecule has 0 aromatic heterocycles. The van der Waals surface area contributed by atoms with Gasteiger partial charge in [-0.1, -0.05) is 24.8 Å². The highest BCUT2D eigenvalue weighted by Gasteiger charge is 2.09. The van der Waals surface area contributed by atoms with Gasteiger partial charge in [0.25, 0.3) is 0 Å². The molecule has 0 aliphatic rings. The van der Waals surface area contributed by atoms with Crippen molar-refractivity contribution in [1.29, 1.82) is 0 Å². The number of nitrogens with zero attached hydrogens (tertiary/aromatic N) is 2. The fourth-order valence-electron chi connectivity index (χ4n) is 1.46. The molecule has 1 rings (SSSR count). The van der Waals surface area contributed by atoms with Gasteiger partial charge in [-0.15, -0.1) is 0 Å². The molecular weight excluding hydrogens is 184 g/mol. The molecule has 0 saturated heterocycles. The Labute approximate surface area is 92.8 Å². The van der Waals surface area contributed by atoms with Crippen molar-refractivity contribution in [1.82, 2.24) is 4.90 Å². The fraction of sp³-hybridized carbons (Fsp3) is 0.385. The van der Waals surface area contributed by atoms with E-state index in [4.69, 9.17) is 0 Å². The van der Waals surface area contributed by atoms with Crippen LogP contribution >= 0.6 is 0 Å². The van der Waals surface area contributed by atoms with Crippen LogP contribution in [0.15, 0.2) is 30.8 Å². The second-order valence-electron chi connectivity index (χ2n) is 3.87. The van der Waals surface area contributed by atoms with Crippen molar-refractivity contribution in [2.75, 3.05) is 32.6 Å². The average Bonchev–Trinajstić information content (AvgIpc) is 2.27. The van der Waals surface area contributed by atoms with Gasteiger partial charge in [0.05, 0.1) is 0 Å². The number of anilines is 1. The Balaban J connectivity index is 3.12. The molecule has 0 bridgehead atoms. The number of benzene rings is 1. The Bertz CT molecular complexity index is 342. The molecule has 0 spiro atoms. The molecule has 15 heavy (non-hydrogen) atoms. The summed E-state index contributed by atoms with van der Waals surface area (Å²) in [4.78, 5) is 4.27. The van der Waals surface area contributed by atoms with Crippen LogP contribution in [-0.2, 0) is 0 Å². The second-order valence-corrected chi connectivity index (χ2v) is 3.87. The molecule has 1 aromatic rings. The molecule has 2 nitrogen and oxygen atoms in total. The van der Waals surface area contributed by atoms with Gasteiger partial charge < -0.3 is 9.80 Å². The summed E-state index contributed by atoms with van der Waals surface area (Å²) in [7, 11) is 6.14. The van der Waals surface area contributed by atoms with Gasteiger partial charge >= 0.3 is 0 Å². The van der Waals surface area contributed by atoms with E-state index in [1.165, 1.54) is 11.3 Å². The van der Waals surface area contributed by atoms with Crippen LogP contribution in [0, 0.1) is 0 Å². The third kappa shape index (κ3) is 2.52. The Hall–Kier alpha value is -1.44. The smallest absolute Gasteiger partial charge is 0.0457 e. The summed E-state index contributed by atoms with van der Waals surface area (Å²) in [6, 6.07) is 8.36. The first kappa shape index (κ1) is 11.6. The van der Waals surface area contributed by atoms with Gasteiger partial charge in [-0.05, 0) is 13.0 Å². The number of para-hydroxylation sites is 1. The SMILES string of the molecule is C=C(c1ccccc1N(C)CC)N(C)C. The van der Waals surface area contributed by atoms with Crippen molar-refractivity contribution in [3.63, 3.8) is 0 Å². The van der Waals surface area contributed by atoms with Crippen molar-refractivity contribution in [3.05, 3.63) is 36.4 Å². The first-order chi connectivity index (χ1) is 7.07. The quantitative estimate of drug-likeness (QED) is 0.744. The third-order valence-corrected chi connectivity index (χ3v) is 2.64. The molecule has 0 amide bonds. The normalized spacial score (nSPS) is 9.87. The third-order valence-electron chi connectivity index (χ3n) is 2.64. The molecule has 2 heteroatoms. The largest absolute Gasteiger partial charge is 0.378 e. The van der Waals surface area contributed by atoms with E-state index in [9.17, 15) is 0 Å². The van der Waals surface area contributed by atoms with Crippen LogP contribution in [0.4, 0.5) is 5.69 Å². The van der Waals surface area contributed by atoms with Gasteiger partial charge in [-0.3, -0.25) is 0 Å². The standard InChI is InChI=1S/C13H20N2/c1-6-15(5)13-10-8-7-9-12(13)11(2)14(3)4/h7-10H,2,6H2,1,3-5H3. The predicted molar refractivity (Wildman–Crippen MR) is 68.1 cm³/mol. The van der Waals surface area contributed by atoms with Gasteiger partial charge in [0.2, 0.25) is 0 Å². The summed E-state index contributed by atoms with van der Waals surface area (Å²) in [5, 5.41) is 0. The minimum Gasteiger partial charge on any atom is -0.378 e. The number of rotatable bonds is 4. The maximum atomic E-state index is 4.10. The van der Waals surface area contributed by atoms with Gasteiger partial charge in [-0.2, -0.15) is 0 Å². The monoisotopic (exact) mass is 204 g/mol. The van der Waals surface area contributed by atoms with Crippen LogP contribution in [0.1, 0.15) is 12.5 Å². The van der Waals surface area contributed by atoms with E-state index in [2.05, 4.69) is 49.7 Å². The van der Waals surface area contributed by atoms with Crippen LogP contribution in [0.3, 0.4) is 0 Å². The predicted octanol–water partition coefficient (Wildman–Crippen LogP) is 2.68. The molecule has 0 aliphatic heterocycles. The minimum atomic E-state index is 0.998. The van der Waals surface area contributed by atoms with Crippen molar-refractivity contribution in [2.24, 2.45) is 0 Å². The average molecular weight is 204 g/mol. The van der Waals surface area contributed by atoms with E-state index in [1.54, 1.807) is 0 Å². The van der Waals surface area contributed by atoms with E-state index >= 15 is 0 Å². The Kier molecular flexibility index (Phi) is 3.78. The molecule has 0 heterocycles.